The minimum absolute atomic E-state index is 0.0403. The number of carbonyl (C=O) groups excluding carboxylic acids is 1. The monoisotopic (exact) mass is 334 g/mol. The van der Waals surface area contributed by atoms with Crippen LogP contribution in [-0.2, 0) is 6.42 Å². The second-order valence-corrected chi connectivity index (χ2v) is 6.18. The number of nitrogens with zero attached hydrogens (tertiary/aromatic N) is 1. The van der Waals surface area contributed by atoms with Gasteiger partial charge in [-0.05, 0) is 48.6 Å². The van der Waals surface area contributed by atoms with Crippen molar-refractivity contribution in [3.63, 3.8) is 0 Å². The summed E-state index contributed by atoms with van der Waals surface area (Å²) in [6, 6.07) is 15.4. The summed E-state index contributed by atoms with van der Waals surface area (Å²) in [5.41, 5.74) is 3.91. The van der Waals surface area contributed by atoms with Gasteiger partial charge >= 0.3 is 6.03 Å². The van der Waals surface area contributed by atoms with Gasteiger partial charge < -0.3 is 15.3 Å². The second-order valence-electron chi connectivity index (χ2n) is 6.18. The summed E-state index contributed by atoms with van der Waals surface area (Å²) in [6.45, 7) is 0.570. The molecule has 2 N–H and O–H groups in total. The van der Waals surface area contributed by atoms with Gasteiger partial charge in [0.2, 0.25) is 0 Å². The second kappa shape index (κ2) is 7.87. The van der Waals surface area contributed by atoms with Crippen LogP contribution in [0.2, 0.25) is 0 Å². The molecule has 1 aliphatic rings. The van der Waals surface area contributed by atoms with Gasteiger partial charge in [-0.1, -0.05) is 36.3 Å². The van der Waals surface area contributed by atoms with Crippen LogP contribution in [0.3, 0.4) is 0 Å². The molecule has 0 radical (unpaired) electrons. The first-order valence-electron chi connectivity index (χ1n) is 8.56. The Bertz CT molecular complexity index is 794. The number of amides is 2. The lowest BCUT2D eigenvalue weighted by Crippen LogP contribution is -2.38. The number of urea groups is 1. The lowest BCUT2D eigenvalue weighted by molar-refractivity contribution is 0.177. The molecule has 128 valence electrons. The fraction of sp³-hybridized carbons (Fsp3) is 0.286. The van der Waals surface area contributed by atoms with Crippen molar-refractivity contribution in [2.45, 2.75) is 25.3 Å². The Balaban J connectivity index is 1.81. The van der Waals surface area contributed by atoms with Crippen LogP contribution in [0.4, 0.5) is 10.5 Å². The van der Waals surface area contributed by atoms with Gasteiger partial charge in [0.15, 0.2) is 0 Å². The molecule has 0 bridgehead atoms. The highest BCUT2D eigenvalue weighted by Crippen LogP contribution is 2.36. The zero-order valence-corrected chi connectivity index (χ0v) is 14.1. The van der Waals surface area contributed by atoms with Crippen molar-refractivity contribution in [3.8, 4) is 12.3 Å². The molecular formula is C21H22N2O2. The fourth-order valence-corrected chi connectivity index (χ4v) is 3.38. The smallest absolute Gasteiger partial charge is 0.322 e. The van der Waals surface area contributed by atoms with E-state index in [1.165, 1.54) is 11.1 Å². The Labute approximate surface area is 148 Å². The number of aryl methyl sites for hydroxylation is 1. The van der Waals surface area contributed by atoms with Gasteiger partial charge in [0.1, 0.15) is 0 Å². The Morgan fingerprint density at radius 1 is 1.28 bits per heavy atom. The summed E-state index contributed by atoms with van der Waals surface area (Å²) in [4.78, 5) is 14.7. The Morgan fingerprint density at radius 2 is 2.12 bits per heavy atom. The van der Waals surface area contributed by atoms with E-state index < -0.39 is 0 Å². The van der Waals surface area contributed by atoms with Gasteiger partial charge in [0, 0.05) is 24.4 Å². The van der Waals surface area contributed by atoms with E-state index in [0.717, 1.165) is 18.4 Å². The fourth-order valence-electron chi connectivity index (χ4n) is 3.38. The van der Waals surface area contributed by atoms with Gasteiger partial charge in [-0.15, -0.1) is 6.42 Å². The summed E-state index contributed by atoms with van der Waals surface area (Å²) < 4.78 is 0. The normalized spacial score (nSPS) is 15.3. The quantitative estimate of drug-likeness (QED) is 0.821. The van der Waals surface area contributed by atoms with Crippen LogP contribution < -0.4 is 5.32 Å². The van der Waals surface area contributed by atoms with E-state index in [9.17, 15) is 9.90 Å². The third kappa shape index (κ3) is 3.84. The first kappa shape index (κ1) is 17.1. The van der Waals surface area contributed by atoms with E-state index in [4.69, 9.17) is 6.42 Å². The van der Waals surface area contributed by atoms with E-state index in [2.05, 4.69) is 23.4 Å². The average Bonchev–Trinajstić information content (AvgIpc) is 3.06. The maximum atomic E-state index is 12.9. The van der Waals surface area contributed by atoms with Crippen molar-refractivity contribution in [2.24, 2.45) is 0 Å². The summed E-state index contributed by atoms with van der Waals surface area (Å²) in [6.07, 6.45) is 7.85. The maximum Gasteiger partial charge on any atom is 0.322 e. The number of anilines is 1. The van der Waals surface area contributed by atoms with Gasteiger partial charge in [0.25, 0.3) is 0 Å². The number of hydrogen-bond acceptors (Lipinski definition) is 2. The van der Waals surface area contributed by atoms with Crippen LogP contribution >= 0.6 is 0 Å². The SMILES string of the molecule is C#Cc1cccc(NC(=O)N(CCCO)C2CCc3ccccc32)c1. The standard InChI is InChI=1S/C21H22N2O2/c1-2-16-7-5-9-18(15-16)22-21(25)23(13-6-14-24)20-12-11-17-8-3-4-10-19(17)20/h1,3-5,7-10,15,20,24H,6,11-14H2,(H,22,25). The molecular weight excluding hydrogens is 312 g/mol. The van der Waals surface area contributed by atoms with Crippen LogP contribution in [0.1, 0.15) is 35.6 Å². The number of fused-ring (bicyclic) bond motifs is 1. The molecule has 25 heavy (non-hydrogen) atoms. The first-order valence-corrected chi connectivity index (χ1v) is 8.56. The Kier molecular flexibility index (Phi) is 5.37. The van der Waals surface area contributed by atoms with Crippen molar-refractivity contribution in [3.05, 3.63) is 65.2 Å². The van der Waals surface area contributed by atoms with Crippen molar-refractivity contribution in [1.29, 1.82) is 0 Å². The molecule has 0 spiro atoms. The third-order valence-electron chi connectivity index (χ3n) is 4.58. The summed E-state index contributed by atoms with van der Waals surface area (Å²) in [7, 11) is 0. The molecule has 0 heterocycles. The van der Waals surface area contributed by atoms with Gasteiger partial charge in [-0.3, -0.25) is 0 Å². The molecule has 2 aromatic rings. The van der Waals surface area contributed by atoms with E-state index in [0.29, 0.717) is 18.7 Å². The number of nitrogens with one attached hydrogen (secondary N) is 1. The predicted molar refractivity (Wildman–Crippen MR) is 99.3 cm³/mol. The summed E-state index contributed by atoms with van der Waals surface area (Å²) in [5.74, 6) is 2.57. The molecule has 1 unspecified atom stereocenters. The Morgan fingerprint density at radius 3 is 2.92 bits per heavy atom. The molecule has 4 heteroatoms. The van der Waals surface area contributed by atoms with Crippen molar-refractivity contribution in [2.75, 3.05) is 18.5 Å². The van der Waals surface area contributed by atoms with Crippen LogP contribution in [0.25, 0.3) is 0 Å². The van der Waals surface area contributed by atoms with Crippen molar-refractivity contribution in [1.82, 2.24) is 4.90 Å². The minimum Gasteiger partial charge on any atom is -0.396 e. The van der Waals surface area contributed by atoms with Crippen LogP contribution in [0, 0.1) is 12.3 Å². The zero-order chi connectivity index (χ0) is 17.6. The summed E-state index contributed by atoms with van der Waals surface area (Å²) >= 11 is 0. The number of terminal acetylenes is 1. The largest absolute Gasteiger partial charge is 0.396 e. The van der Waals surface area contributed by atoms with Gasteiger partial charge in [-0.2, -0.15) is 0 Å². The van der Waals surface area contributed by atoms with Crippen molar-refractivity contribution < 1.29 is 9.90 Å². The number of aliphatic hydroxyl groups is 1. The van der Waals surface area contributed by atoms with Crippen LogP contribution in [-0.4, -0.2) is 29.2 Å². The topological polar surface area (TPSA) is 52.6 Å². The molecule has 2 amide bonds. The lowest BCUT2D eigenvalue weighted by atomic mass is 10.1. The molecule has 4 nitrogen and oxygen atoms in total. The van der Waals surface area contributed by atoms with E-state index in [1.807, 2.05) is 35.2 Å². The number of hydrogen-bond donors (Lipinski definition) is 2. The van der Waals surface area contributed by atoms with Crippen LogP contribution in [0.15, 0.2) is 48.5 Å². The summed E-state index contributed by atoms with van der Waals surface area (Å²) in [5, 5.41) is 12.2. The number of rotatable bonds is 5. The molecule has 3 rings (SSSR count). The third-order valence-corrected chi connectivity index (χ3v) is 4.58. The molecule has 1 aliphatic carbocycles. The maximum absolute atomic E-state index is 12.9. The van der Waals surface area contributed by atoms with E-state index >= 15 is 0 Å². The molecule has 2 aromatic carbocycles. The Hall–Kier alpha value is -2.77. The molecule has 0 fully saturated rings. The molecule has 0 aromatic heterocycles. The highest BCUT2D eigenvalue weighted by molar-refractivity contribution is 5.90. The van der Waals surface area contributed by atoms with Crippen molar-refractivity contribution >= 4 is 11.7 Å². The number of aliphatic hydroxyl groups excluding tert-OH is 1. The highest BCUT2D eigenvalue weighted by atomic mass is 16.3. The highest BCUT2D eigenvalue weighted by Gasteiger charge is 2.30. The number of carbonyl (C=O) groups is 1. The van der Waals surface area contributed by atoms with E-state index in [1.54, 1.807) is 6.07 Å². The van der Waals surface area contributed by atoms with E-state index in [-0.39, 0.29) is 18.7 Å². The molecule has 0 saturated heterocycles. The van der Waals surface area contributed by atoms with Gasteiger partial charge in [-0.25, -0.2) is 4.79 Å². The average molecular weight is 334 g/mol. The minimum atomic E-state index is -0.163. The van der Waals surface area contributed by atoms with Gasteiger partial charge in [0.05, 0.1) is 6.04 Å². The predicted octanol–water partition coefficient (Wildman–Crippen LogP) is 3.57. The van der Waals surface area contributed by atoms with Crippen LogP contribution in [0.5, 0.6) is 0 Å². The first-order chi connectivity index (χ1) is 12.2. The molecule has 0 saturated carbocycles. The molecule has 0 aliphatic heterocycles. The number of benzene rings is 2. The zero-order valence-electron chi connectivity index (χ0n) is 14.1. The molecule has 1 atom stereocenters. The lowest BCUT2D eigenvalue weighted by Gasteiger charge is -2.30.